The van der Waals surface area contributed by atoms with Crippen LogP contribution in [0, 0.1) is 5.92 Å². The Labute approximate surface area is 107 Å². The molecule has 0 radical (unpaired) electrons. The highest BCUT2D eigenvalue weighted by Gasteiger charge is 2.12. The van der Waals surface area contributed by atoms with Gasteiger partial charge in [0.05, 0.1) is 14.2 Å². The molecule has 4 nitrogen and oxygen atoms in total. The fourth-order valence-electron chi connectivity index (χ4n) is 1.60. The Morgan fingerprint density at radius 2 is 1.83 bits per heavy atom. The van der Waals surface area contributed by atoms with Crippen molar-refractivity contribution in [2.24, 2.45) is 5.92 Å². The molecule has 0 spiro atoms. The summed E-state index contributed by atoms with van der Waals surface area (Å²) in [6.45, 7) is 3.70. The third-order valence-corrected chi connectivity index (χ3v) is 2.60. The van der Waals surface area contributed by atoms with Crippen LogP contribution in [-0.2, 0) is 4.79 Å². The zero-order valence-electron chi connectivity index (χ0n) is 11.1. The van der Waals surface area contributed by atoms with Crippen LogP contribution in [-0.4, -0.2) is 25.3 Å². The largest absolute Gasteiger partial charge is 0.493 e. The monoisotopic (exact) mass is 250 g/mol. The summed E-state index contributed by atoms with van der Waals surface area (Å²) in [5, 5.41) is 9.11. The first-order valence-corrected chi connectivity index (χ1v) is 5.66. The Morgan fingerprint density at radius 3 is 2.28 bits per heavy atom. The lowest BCUT2D eigenvalue weighted by Gasteiger charge is -2.09. The van der Waals surface area contributed by atoms with E-state index in [2.05, 4.69) is 0 Å². The molecule has 1 rings (SSSR count). The molecule has 0 aliphatic carbocycles. The molecular formula is C14H18O4. The lowest BCUT2D eigenvalue weighted by Crippen LogP contribution is -2.06. The van der Waals surface area contributed by atoms with Crippen LogP contribution in [0.15, 0.2) is 23.8 Å². The summed E-state index contributed by atoms with van der Waals surface area (Å²) < 4.78 is 10.3. The van der Waals surface area contributed by atoms with Crippen molar-refractivity contribution < 1.29 is 19.4 Å². The minimum absolute atomic E-state index is 0.0457. The van der Waals surface area contributed by atoms with Gasteiger partial charge in [-0.1, -0.05) is 19.9 Å². The van der Waals surface area contributed by atoms with Gasteiger partial charge in [0.25, 0.3) is 0 Å². The molecule has 98 valence electrons. The molecule has 4 heteroatoms. The van der Waals surface area contributed by atoms with Gasteiger partial charge in [-0.2, -0.15) is 0 Å². The molecule has 18 heavy (non-hydrogen) atoms. The van der Waals surface area contributed by atoms with E-state index in [1.165, 1.54) is 0 Å². The molecule has 0 aromatic heterocycles. The van der Waals surface area contributed by atoms with Gasteiger partial charge in [-0.25, -0.2) is 4.79 Å². The molecule has 1 aromatic carbocycles. The summed E-state index contributed by atoms with van der Waals surface area (Å²) >= 11 is 0. The van der Waals surface area contributed by atoms with Crippen molar-refractivity contribution in [3.05, 3.63) is 29.3 Å². The second kappa shape index (κ2) is 6.10. The van der Waals surface area contributed by atoms with E-state index in [1.54, 1.807) is 38.5 Å². The maximum atomic E-state index is 11.1. The molecule has 0 aliphatic heterocycles. The van der Waals surface area contributed by atoms with Crippen molar-refractivity contribution in [1.82, 2.24) is 0 Å². The molecule has 0 bridgehead atoms. The summed E-state index contributed by atoms with van der Waals surface area (Å²) in [5.41, 5.74) is 1.14. The predicted molar refractivity (Wildman–Crippen MR) is 70.0 cm³/mol. The van der Waals surface area contributed by atoms with Gasteiger partial charge in [0.1, 0.15) is 0 Å². The van der Waals surface area contributed by atoms with Crippen molar-refractivity contribution in [3.63, 3.8) is 0 Å². The summed E-state index contributed by atoms with van der Waals surface area (Å²) in [6.07, 6.45) is 1.65. The van der Waals surface area contributed by atoms with Gasteiger partial charge >= 0.3 is 5.97 Å². The van der Waals surface area contributed by atoms with Crippen LogP contribution in [0.3, 0.4) is 0 Å². The predicted octanol–water partition coefficient (Wildman–Crippen LogP) is 2.83. The number of benzene rings is 1. The summed E-state index contributed by atoms with van der Waals surface area (Å²) in [7, 11) is 3.11. The van der Waals surface area contributed by atoms with Crippen LogP contribution >= 0.6 is 0 Å². The molecule has 1 N–H and O–H groups in total. The SMILES string of the molecule is COc1ccc(/C=C(/C(=O)O)C(C)C)cc1OC. The number of carbonyl (C=O) groups is 1. The summed E-state index contributed by atoms with van der Waals surface area (Å²) in [4.78, 5) is 11.1. The molecule has 1 aromatic rings. The van der Waals surface area contributed by atoms with Gasteiger partial charge in [-0.05, 0) is 29.7 Å². The standard InChI is InChI=1S/C14H18O4/c1-9(2)11(14(15)16)7-10-5-6-12(17-3)13(8-10)18-4/h5-9H,1-4H3,(H,15,16)/b11-7+. The highest BCUT2D eigenvalue weighted by atomic mass is 16.5. The molecule has 0 unspecified atom stereocenters. The zero-order chi connectivity index (χ0) is 13.7. The molecular weight excluding hydrogens is 232 g/mol. The molecule has 0 fully saturated rings. The fraction of sp³-hybridized carbons (Fsp3) is 0.357. The minimum Gasteiger partial charge on any atom is -0.493 e. The van der Waals surface area contributed by atoms with Crippen molar-refractivity contribution in [3.8, 4) is 11.5 Å². The quantitative estimate of drug-likeness (QED) is 0.816. The van der Waals surface area contributed by atoms with Crippen LogP contribution in [0.5, 0.6) is 11.5 Å². The first-order chi connectivity index (χ1) is 8.49. The maximum Gasteiger partial charge on any atom is 0.331 e. The van der Waals surface area contributed by atoms with E-state index in [4.69, 9.17) is 14.6 Å². The number of methoxy groups -OCH3 is 2. The Morgan fingerprint density at radius 1 is 1.22 bits per heavy atom. The first-order valence-electron chi connectivity index (χ1n) is 5.66. The number of hydrogen-bond donors (Lipinski definition) is 1. The van der Waals surface area contributed by atoms with Crippen LogP contribution in [0.1, 0.15) is 19.4 Å². The molecule has 0 saturated heterocycles. The van der Waals surface area contributed by atoms with E-state index < -0.39 is 5.97 Å². The normalized spacial score (nSPS) is 11.5. The van der Waals surface area contributed by atoms with Crippen LogP contribution < -0.4 is 9.47 Å². The number of ether oxygens (including phenoxy) is 2. The van der Waals surface area contributed by atoms with Gasteiger partial charge in [-0.3, -0.25) is 0 Å². The molecule has 0 aliphatic rings. The number of rotatable bonds is 5. The maximum absolute atomic E-state index is 11.1. The Balaban J connectivity index is 3.18. The van der Waals surface area contributed by atoms with Gasteiger partial charge in [0, 0.05) is 5.57 Å². The minimum atomic E-state index is -0.903. The van der Waals surface area contributed by atoms with Crippen LogP contribution in [0.25, 0.3) is 6.08 Å². The number of carboxylic acid groups (broad SMARTS) is 1. The first kappa shape index (κ1) is 14.1. The number of hydrogen-bond acceptors (Lipinski definition) is 3. The van der Waals surface area contributed by atoms with E-state index in [9.17, 15) is 4.79 Å². The molecule has 0 saturated carbocycles. The average Bonchev–Trinajstić information content (AvgIpc) is 2.34. The summed E-state index contributed by atoms with van der Waals surface area (Å²) in [5.74, 6) is 0.256. The van der Waals surface area contributed by atoms with Crippen molar-refractivity contribution in [2.45, 2.75) is 13.8 Å². The Bertz CT molecular complexity index is 461. The number of carboxylic acids is 1. The Kier molecular flexibility index (Phi) is 4.77. The molecule has 0 heterocycles. The highest BCUT2D eigenvalue weighted by Crippen LogP contribution is 2.29. The van der Waals surface area contributed by atoms with E-state index in [0.29, 0.717) is 17.1 Å². The molecule has 0 atom stereocenters. The third-order valence-electron chi connectivity index (χ3n) is 2.60. The van der Waals surface area contributed by atoms with Crippen molar-refractivity contribution >= 4 is 12.0 Å². The van der Waals surface area contributed by atoms with Gasteiger partial charge < -0.3 is 14.6 Å². The Hall–Kier alpha value is -1.97. The van der Waals surface area contributed by atoms with Gasteiger partial charge in [0.2, 0.25) is 0 Å². The van der Waals surface area contributed by atoms with Crippen LogP contribution in [0.2, 0.25) is 0 Å². The average molecular weight is 250 g/mol. The second-order valence-electron chi connectivity index (χ2n) is 4.17. The topological polar surface area (TPSA) is 55.8 Å². The van der Waals surface area contributed by atoms with E-state index in [0.717, 1.165) is 5.56 Å². The lowest BCUT2D eigenvalue weighted by molar-refractivity contribution is -0.133. The number of aliphatic carboxylic acids is 1. The lowest BCUT2D eigenvalue weighted by atomic mass is 10.0. The van der Waals surface area contributed by atoms with Gasteiger partial charge in [0.15, 0.2) is 11.5 Å². The van der Waals surface area contributed by atoms with E-state index in [-0.39, 0.29) is 5.92 Å². The van der Waals surface area contributed by atoms with Gasteiger partial charge in [-0.15, -0.1) is 0 Å². The van der Waals surface area contributed by atoms with E-state index >= 15 is 0 Å². The zero-order valence-corrected chi connectivity index (χ0v) is 11.1. The van der Waals surface area contributed by atoms with Crippen molar-refractivity contribution in [1.29, 1.82) is 0 Å². The molecule has 0 amide bonds. The smallest absolute Gasteiger partial charge is 0.331 e. The summed E-state index contributed by atoms with van der Waals surface area (Å²) in [6, 6.07) is 5.31. The highest BCUT2D eigenvalue weighted by molar-refractivity contribution is 5.92. The van der Waals surface area contributed by atoms with Crippen LogP contribution in [0.4, 0.5) is 0 Å². The second-order valence-corrected chi connectivity index (χ2v) is 4.17. The fourth-order valence-corrected chi connectivity index (χ4v) is 1.60. The van der Waals surface area contributed by atoms with Crippen molar-refractivity contribution in [2.75, 3.05) is 14.2 Å². The van der Waals surface area contributed by atoms with E-state index in [1.807, 2.05) is 13.8 Å². The third kappa shape index (κ3) is 3.26.